The predicted molar refractivity (Wildman–Crippen MR) is 109 cm³/mol. The van der Waals surface area contributed by atoms with E-state index in [4.69, 9.17) is 5.14 Å². The molecule has 0 radical (unpaired) electrons. The summed E-state index contributed by atoms with van der Waals surface area (Å²) < 4.78 is 24.5. The predicted octanol–water partition coefficient (Wildman–Crippen LogP) is 3.27. The molecule has 0 aliphatic carbocycles. The van der Waals surface area contributed by atoms with Crippen LogP contribution >= 0.6 is 11.3 Å². The van der Waals surface area contributed by atoms with E-state index in [-0.39, 0.29) is 10.8 Å². The molecule has 28 heavy (non-hydrogen) atoms. The Morgan fingerprint density at radius 3 is 2.39 bits per heavy atom. The fourth-order valence-electron chi connectivity index (χ4n) is 2.82. The van der Waals surface area contributed by atoms with Gasteiger partial charge in [-0.2, -0.15) is 0 Å². The molecule has 0 aliphatic rings. The minimum atomic E-state index is -3.77. The minimum absolute atomic E-state index is 0.00952. The first-order chi connectivity index (χ1) is 13.3. The summed E-state index contributed by atoms with van der Waals surface area (Å²) in [6.45, 7) is 1.86. The third-order valence-corrected chi connectivity index (χ3v) is 6.36. The average molecular weight is 412 g/mol. The number of rotatable bonds is 4. The Morgan fingerprint density at radius 1 is 1.11 bits per heavy atom. The van der Waals surface area contributed by atoms with Crippen LogP contribution in [0, 0.1) is 6.92 Å². The Bertz CT molecular complexity index is 1270. The molecule has 0 atom stereocenters. The normalized spacial score (nSPS) is 11.6. The van der Waals surface area contributed by atoms with Crippen LogP contribution < -0.4 is 10.5 Å². The second kappa shape index (κ2) is 6.86. The summed E-state index contributed by atoms with van der Waals surface area (Å²) in [5.41, 5.74) is 3.13. The van der Waals surface area contributed by atoms with Gasteiger partial charge in [0.05, 0.1) is 10.6 Å². The number of carbonyl (C=O) groups excluding carboxylic acids is 1. The number of aryl methyl sites for hydroxylation is 1. The highest BCUT2D eigenvalue weighted by molar-refractivity contribution is 7.89. The van der Waals surface area contributed by atoms with E-state index in [2.05, 4.69) is 10.3 Å². The van der Waals surface area contributed by atoms with Crippen molar-refractivity contribution < 1.29 is 13.2 Å². The summed E-state index contributed by atoms with van der Waals surface area (Å²) in [5, 5.41) is 7.85. The summed E-state index contributed by atoms with van der Waals surface area (Å²) in [6.07, 6.45) is 1.91. The molecule has 3 N–H and O–H groups in total. The zero-order valence-electron chi connectivity index (χ0n) is 14.8. The Hall–Kier alpha value is -3.01. The van der Waals surface area contributed by atoms with Crippen molar-refractivity contribution in [3.63, 3.8) is 0 Å². The molecule has 2 aromatic heterocycles. The topological polar surface area (TPSA) is 107 Å². The fourth-order valence-corrected chi connectivity index (χ4v) is 4.34. The minimum Gasteiger partial charge on any atom is -0.321 e. The molecule has 0 saturated carbocycles. The first-order valence-electron chi connectivity index (χ1n) is 8.31. The Kier molecular flexibility index (Phi) is 4.50. The maximum Gasteiger partial charge on any atom is 0.267 e. The lowest BCUT2D eigenvalue weighted by atomic mass is 10.2. The van der Waals surface area contributed by atoms with E-state index in [1.807, 2.05) is 47.9 Å². The summed E-state index contributed by atoms with van der Waals surface area (Å²) in [5.74, 6) is -0.280. The molecule has 0 spiro atoms. The molecule has 0 bridgehead atoms. The van der Waals surface area contributed by atoms with Crippen LogP contribution in [-0.2, 0) is 10.0 Å². The fraction of sp³-hybridized carbons (Fsp3) is 0.0526. The lowest BCUT2D eigenvalue weighted by molar-refractivity contribution is 0.102. The number of nitrogens with zero attached hydrogens (tertiary/aromatic N) is 2. The molecular formula is C19H16N4O3S2. The molecule has 142 valence electrons. The molecule has 0 fully saturated rings. The van der Waals surface area contributed by atoms with Gasteiger partial charge >= 0.3 is 0 Å². The number of amides is 1. The number of fused-ring (bicyclic) bond motifs is 1. The Labute approximate surface area is 165 Å². The molecule has 4 rings (SSSR count). The van der Waals surface area contributed by atoms with Crippen LogP contribution in [0.4, 0.5) is 5.69 Å². The van der Waals surface area contributed by atoms with E-state index in [0.29, 0.717) is 10.6 Å². The highest BCUT2D eigenvalue weighted by Crippen LogP contribution is 2.27. The molecule has 9 heteroatoms. The molecular weight excluding hydrogens is 396 g/mol. The molecule has 2 heterocycles. The number of hydrogen-bond acceptors (Lipinski definition) is 5. The number of imidazole rings is 1. The molecule has 2 aromatic carbocycles. The number of thiazole rings is 1. The second-order valence-corrected chi connectivity index (χ2v) is 8.72. The van der Waals surface area contributed by atoms with E-state index in [1.165, 1.54) is 35.6 Å². The van der Waals surface area contributed by atoms with E-state index in [9.17, 15) is 13.2 Å². The Morgan fingerprint density at radius 2 is 1.79 bits per heavy atom. The van der Waals surface area contributed by atoms with Crippen LogP contribution in [0.1, 0.15) is 15.4 Å². The van der Waals surface area contributed by atoms with Crippen molar-refractivity contribution in [2.24, 2.45) is 5.14 Å². The number of sulfonamides is 1. The lowest BCUT2D eigenvalue weighted by Gasteiger charge is -2.05. The number of carbonyl (C=O) groups is 1. The van der Waals surface area contributed by atoms with E-state index < -0.39 is 10.0 Å². The van der Waals surface area contributed by atoms with Crippen LogP contribution in [0.5, 0.6) is 0 Å². The van der Waals surface area contributed by atoms with Gasteiger partial charge in [-0.3, -0.25) is 9.20 Å². The third kappa shape index (κ3) is 3.42. The van der Waals surface area contributed by atoms with Gasteiger partial charge in [-0.15, -0.1) is 0 Å². The first kappa shape index (κ1) is 18.4. The number of hydrogen-bond donors (Lipinski definition) is 2. The summed E-state index contributed by atoms with van der Waals surface area (Å²) in [7, 11) is -3.77. The van der Waals surface area contributed by atoms with Gasteiger partial charge in [-0.05, 0) is 31.2 Å². The summed E-state index contributed by atoms with van der Waals surface area (Å²) in [6, 6.07) is 15.5. The van der Waals surface area contributed by atoms with Gasteiger partial charge in [-0.1, -0.05) is 41.7 Å². The number of nitrogens with two attached hydrogens (primary N) is 1. The van der Waals surface area contributed by atoms with Gasteiger partial charge < -0.3 is 5.32 Å². The molecule has 4 aromatic rings. The largest absolute Gasteiger partial charge is 0.321 e. The average Bonchev–Trinajstić information content (AvgIpc) is 3.22. The van der Waals surface area contributed by atoms with Crippen LogP contribution in [0.25, 0.3) is 16.2 Å². The standard InChI is InChI=1S/C19H16N4O3S2/c1-12-17(18(24)21-14-7-9-15(10-8-14)28(20,25)26)27-19-22-16(11-23(12)19)13-5-3-2-4-6-13/h2-11H,1H3,(H,21,24)(H2,20,25,26). The molecule has 0 unspecified atom stereocenters. The first-order valence-corrected chi connectivity index (χ1v) is 10.7. The highest BCUT2D eigenvalue weighted by Gasteiger charge is 2.18. The van der Waals surface area contributed by atoms with E-state index in [0.717, 1.165) is 21.9 Å². The number of benzene rings is 2. The van der Waals surface area contributed by atoms with Gasteiger partial charge in [0.2, 0.25) is 10.0 Å². The number of primary sulfonamides is 1. The van der Waals surface area contributed by atoms with Crippen molar-refractivity contribution in [3.8, 4) is 11.3 Å². The van der Waals surface area contributed by atoms with Crippen LogP contribution in [-0.4, -0.2) is 23.7 Å². The number of anilines is 1. The van der Waals surface area contributed by atoms with Gasteiger partial charge in [0.15, 0.2) is 4.96 Å². The molecule has 7 nitrogen and oxygen atoms in total. The Balaban J connectivity index is 1.59. The van der Waals surface area contributed by atoms with Crippen molar-refractivity contribution in [1.29, 1.82) is 0 Å². The number of aromatic nitrogens is 2. The van der Waals surface area contributed by atoms with Crippen molar-refractivity contribution in [1.82, 2.24) is 9.38 Å². The maximum absolute atomic E-state index is 12.7. The lowest BCUT2D eigenvalue weighted by Crippen LogP contribution is -2.14. The van der Waals surface area contributed by atoms with Crippen molar-refractivity contribution in [3.05, 3.63) is 71.4 Å². The molecule has 1 amide bonds. The van der Waals surface area contributed by atoms with Gasteiger partial charge in [0, 0.05) is 23.1 Å². The zero-order chi connectivity index (χ0) is 19.9. The highest BCUT2D eigenvalue weighted by atomic mass is 32.2. The van der Waals surface area contributed by atoms with Gasteiger partial charge in [-0.25, -0.2) is 18.5 Å². The smallest absolute Gasteiger partial charge is 0.267 e. The maximum atomic E-state index is 12.7. The molecule has 0 saturated heterocycles. The van der Waals surface area contributed by atoms with Crippen LogP contribution in [0.3, 0.4) is 0 Å². The van der Waals surface area contributed by atoms with Crippen molar-refractivity contribution in [2.75, 3.05) is 5.32 Å². The zero-order valence-corrected chi connectivity index (χ0v) is 16.4. The van der Waals surface area contributed by atoms with Crippen molar-refractivity contribution >= 4 is 37.9 Å². The summed E-state index contributed by atoms with van der Waals surface area (Å²) >= 11 is 1.30. The van der Waals surface area contributed by atoms with Crippen LogP contribution in [0.15, 0.2) is 65.7 Å². The number of nitrogens with one attached hydrogen (secondary N) is 1. The van der Waals surface area contributed by atoms with Gasteiger partial charge in [0.25, 0.3) is 5.91 Å². The monoisotopic (exact) mass is 412 g/mol. The van der Waals surface area contributed by atoms with Gasteiger partial charge in [0.1, 0.15) is 4.88 Å². The quantitative estimate of drug-likeness (QED) is 0.536. The van der Waals surface area contributed by atoms with Crippen LogP contribution in [0.2, 0.25) is 0 Å². The molecule has 0 aliphatic heterocycles. The van der Waals surface area contributed by atoms with E-state index in [1.54, 1.807) is 0 Å². The second-order valence-electron chi connectivity index (χ2n) is 6.18. The third-order valence-electron chi connectivity index (χ3n) is 4.27. The van der Waals surface area contributed by atoms with E-state index >= 15 is 0 Å². The SMILES string of the molecule is Cc1c(C(=O)Nc2ccc(S(N)(=O)=O)cc2)sc2nc(-c3ccccc3)cn12. The van der Waals surface area contributed by atoms with Crippen molar-refractivity contribution in [2.45, 2.75) is 11.8 Å². The summed E-state index contributed by atoms with van der Waals surface area (Å²) in [4.78, 5) is 18.5.